The number of nitrogens with zero attached hydrogens (tertiary/aromatic N) is 2. The van der Waals surface area contributed by atoms with Crippen LogP contribution in [-0.4, -0.2) is 16.7 Å². The van der Waals surface area contributed by atoms with Crippen molar-refractivity contribution in [2.75, 3.05) is 6.54 Å². The van der Waals surface area contributed by atoms with Gasteiger partial charge in [-0.15, -0.1) is 10.2 Å². The number of aromatic nitrogens is 2. The van der Waals surface area contributed by atoms with Gasteiger partial charge >= 0.3 is 0 Å². The summed E-state index contributed by atoms with van der Waals surface area (Å²) in [6.07, 6.45) is 0.602. The monoisotopic (exact) mass is 331 g/mol. The molecule has 0 unspecified atom stereocenters. The molecule has 1 aromatic heterocycles. The third-order valence-electron chi connectivity index (χ3n) is 3.36. The minimum absolute atomic E-state index is 0.183. The maximum atomic E-state index is 13.5. The molecule has 1 N–H and O–H groups in total. The van der Waals surface area contributed by atoms with Crippen LogP contribution >= 0.6 is 11.6 Å². The lowest BCUT2D eigenvalue weighted by molar-refractivity contribution is 0.477. The molecule has 0 atom stereocenters. The average molecular weight is 332 g/mol. The summed E-state index contributed by atoms with van der Waals surface area (Å²) in [5.74, 6) is 0.758. The Bertz CT molecular complexity index is 774. The Morgan fingerprint density at radius 2 is 1.83 bits per heavy atom. The van der Waals surface area contributed by atoms with Gasteiger partial charge in [-0.2, -0.15) is 0 Å². The van der Waals surface area contributed by atoms with Crippen LogP contribution in [0.1, 0.15) is 11.5 Å². The van der Waals surface area contributed by atoms with E-state index in [4.69, 9.17) is 16.0 Å². The molecule has 0 aliphatic rings. The van der Waals surface area contributed by atoms with Gasteiger partial charge in [-0.25, -0.2) is 4.39 Å². The molecule has 1 heterocycles. The minimum Gasteiger partial charge on any atom is -0.419 e. The minimum atomic E-state index is -0.183. The standard InChI is InChI=1S/C17H15ClFN3O/c18-14-7-5-13(6-8-14)17-22-21-16(23-17)11-20-10-9-12-3-1-2-4-15(12)19/h1-8,20H,9-11H2. The second-order valence-electron chi connectivity index (χ2n) is 5.03. The average Bonchev–Trinajstić information content (AvgIpc) is 3.03. The zero-order valence-corrected chi connectivity index (χ0v) is 13.1. The number of rotatable bonds is 6. The maximum absolute atomic E-state index is 13.5. The molecule has 0 aliphatic heterocycles. The fourth-order valence-corrected chi connectivity index (χ4v) is 2.28. The Balaban J connectivity index is 1.52. The fraction of sp³-hybridized carbons (Fsp3) is 0.176. The van der Waals surface area contributed by atoms with Crippen LogP contribution in [0, 0.1) is 5.82 Å². The van der Waals surface area contributed by atoms with Crippen LogP contribution in [0.3, 0.4) is 0 Å². The summed E-state index contributed by atoms with van der Waals surface area (Å²) in [5.41, 5.74) is 1.51. The van der Waals surface area contributed by atoms with Gasteiger partial charge in [-0.1, -0.05) is 29.8 Å². The van der Waals surface area contributed by atoms with Gasteiger partial charge in [0.2, 0.25) is 11.8 Å². The molecule has 118 valence electrons. The first-order chi connectivity index (χ1) is 11.2. The summed E-state index contributed by atoms with van der Waals surface area (Å²) in [6, 6.07) is 13.9. The van der Waals surface area contributed by atoms with E-state index < -0.39 is 0 Å². The highest BCUT2D eigenvalue weighted by Gasteiger charge is 2.08. The molecule has 6 heteroatoms. The number of hydrogen-bond acceptors (Lipinski definition) is 4. The van der Waals surface area contributed by atoms with E-state index in [1.165, 1.54) is 6.07 Å². The molecule has 4 nitrogen and oxygen atoms in total. The van der Waals surface area contributed by atoms with Crippen molar-refractivity contribution in [2.24, 2.45) is 0 Å². The molecule has 2 aromatic carbocycles. The summed E-state index contributed by atoms with van der Waals surface area (Å²) in [4.78, 5) is 0. The predicted molar refractivity (Wildman–Crippen MR) is 86.6 cm³/mol. The van der Waals surface area contributed by atoms with Crippen molar-refractivity contribution in [1.29, 1.82) is 0 Å². The molecular formula is C17H15ClFN3O. The van der Waals surface area contributed by atoms with Crippen LogP contribution in [0.2, 0.25) is 5.02 Å². The Hall–Kier alpha value is -2.24. The van der Waals surface area contributed by atoms with Crippen molar-refractivity contribution in [3.63, 3.8) is 0 Å². The van der Waals surface area contributed by atoms with Crippen LogP contribution in [0.15, 0.2) is 52.9 Å². The van der Waals surface area contributed by atoms with E-state index in [0.29, 0.717) is 41.9 Å². The second kappa shape index (κ2) is 7.35. The van der Waals surface area contributed by atoms with Gasteiger partial charge in [0.25, 0.3) is 0 Å². The molecule has 0 fully saturated rings. The molecule has 3 aromatic rings. The number of benzene rings is 2. The van der Waals surface area contributed by atoms with E-state index in [-0.39, 0.29) is 5.82 Å². The summed E-state index contributed by atoms with van der Waals surface area (Å²) < 4.78 is 19.1. The van der Waals surface area contributed by atoms with E-state index in [2.05, 4.69) is 15.5 Å². The Kier molecular flexibility index (Phi) is 5.00. The highest BCUT2D eigenvalue weighted by Crippen LogP contribution is 2.20. The third-order valence-corrected chi connectivity index (χ3v) is 3.62. The van der Waals surface area contributed by atoms with Crippen molar-refractivity contribution in [1.82, 2.24) is 15.5 Å². The van der Waals surface area contributed by atoms with Gasteiger partial charge in [0.05, 0.1) is 6.54 Å². The SMILES string of the molecule is Fc1ccccc1CCNCc1nnc(-c2ccc(Cl)cc2)o1. The summed E-state index contributed by atoms with van der Waals surface area (Å²) >= 11 is 5.85. The highest BCUT2D eigenvalue weighted by atomic mass is 35.5. The quantitative estimate of drug-likeness (QED) is 0.697. The molecular weight excluding hydrogens is 317 g/mol. The molecule has 0 amide bonds. The predicted octanol–water partition coefficient (Wildman–Crippen LogP) is 3.86. The van der Waals surface area contributed by atoms with Crippen molar-refractivity contribution in [3.8, 4) is 11.5 Å². The third kappa shape index (κ3) is 4.15. The fourth-order valence-electron chi connectivity index (χ4n) is 2.15. The lowest BCUT2D eigenvalue weighted by Crippen LogP contribution is -2.17. The zero-order valence-electron chi connectivity index (χ0n) is 12.3. The first-order valence-electron chi connectivity index (χ1n) is 7.25. The van der Waals surface area contributed by atoms with E-state index in [9.17, 15) is 4.39 Å². The molecule has 23 heavy (non-hydrogen) atoms. The van der Waals surface area contributed by atoms with Crippen molar-refractivity contribution in [2.45, 2.75) is 13.0 Å². The number of nitrogens with one attached hydrogen (secondary N) is 1. The largest absolute Gasteiger partial charge is 0.419 e. The zero-order chi connectivity index (χ0) is 16.1. The summed E-state index contributed by atoms with van der Waals surface area (Å²) in [5, 5.41) is 11.8. The summed E-state index contributed by atoms with van der Waals surface area (Å²) in [6.45, 7) is 1.06. The number of halogens is 2. The Morgan fingerprint density at radius 3 is 2.61 bits per heavy atom. The Labute approximate surface area is 138 Å². The molecule has 0 saturated carbocycles. The van der Waals surface area contributed by atoms with Crippen LogP contribution in [-0.2, 0) is 13.0 Å². The van der Waals surface area contributed by atoms with Crippen LogP contribution < -0.4 is 5.32 Å². The van der Waals surface area contributed by atoms with Crippen LogP contribution in [0.4, 0.5) is 4.39 Å². The lowest BCUT2D eigenvalue weighted by atomic mass is 10.1. The van der Waals surface area contributed by atoms with Gasteiger partial charge in [-0.05, 0) is 48.9 Å². The molecule has 0 aliphatic carbocycles. The number of hydrogen-bond donors (Lipinski definition) is 1. The summed E-state index contributed by atoms with van der Waals surface area (Å²) in [7, 11) is 0. The molecule has 3 rings (SSSR count). The van der Waals surface area contributed by atoms with Crippen molar-refractivity contribution in [3.05, 3.63) is 70.8 Å². The molecule has 0 bridgehead atoms. The van der Waals surface area contributed by atoms with Gasteiger partial charge in [0, 0.05) is 10.6 Å². The van der Waals surface area contributed by atoms with Crippen LogP contribution in [0.25, 0.3) is 11.5 Å². The maximum Gasteiger partial charge on any atom is 0.247 e. The first kappa shape index (κ1) is 15.6. The van der Waals surface area contributed by atoms with Gasteiger partial charge in [0.15, 0.2) is 0 Å². The Morgan fingerprint density at radius 1 is 1.04 bits per heavy atom. The highest BCUT2D eigenvalue weighted by molar-refractivity contribution is 6.30. The smallest absolute Gasteiger partial charge is 0.247 e. The van der Waals surface area contributed by atoms with Crippen molar-refractivity contribution >= 4 is 11.6 Å². The first-order valence-corrected chi connectivity index (χ1v) is 7.62. The molecule has 0 spiro atoms. The van der Waals surface area contributed by atoms with E-state index in [1.54, 1.807) is 24.3 Å². The van der Waals surface area contributed by atoms with Gasteiger partial charge < -0.3 is 9.73 Å². The van der Waals surface area contributed by atoms with Crippen molar-refractivity contribution < 1.29 is 8.81 Å². The molecule has 0 saturated heterocycles. The molecule has 0 radical (unpaired) electrons. The van der Waals surface area contributed by atoms with Crippen LogP contribution in [0.5, 0.6) is 0 Å². The van der Waals surface area contributed by atoms with E-state index in [1.807, 2.05) is 18.2 Å². The van der Waals surface area contributed by atoms with E-state index >= 15 is 0 Å². The topological polar surface area (TPSA) is 51.0 Å². The van der Waals surface area contributed by atoms with Gasteiger partial charge in [0.1, 0.15) is 5.82 Å². The van der Waals surface area contributed by atoms with E-state index in [0.717, 1.165) is 5.56 Å². The second-order valence-corrected chi connectivity index (χ2v) is 5.46. The van der Waals surface area contributed by atoms with Gasteiger partial charge in [-0.3, -0.25) is 0 Å². The lowest BCUT2D eigenvalue weighted by Gasteiger charge is -2.03. The normalized spacial score (nSPS) is 10.9.